The van der Waals surface area contributed by atoms with Gasteiger partial charge in [0, 0.05) is 7.05 Å². The van der Waals surface area contributed by atoms with Crippen molar-refractivity contribution < 1.29 is 0 Å². The van der Waals surface area contributed by atoms with E-state index in [-0.39, 0.29) is 0 Å². The minimum absolute atomic E-state index is 0.539. The molecule has 0 aliphatic rings. The van der Waals surface area contributed by atoms with Crippen molar-refractivity contribution in [1.82, 2.24) is 5.32 Å². The van der Waals surface area contributed by atoms with Crippen LogP contribution in [0.2, 0.25) is 0 Å². The van der Waals surface area contributed by atoms with Crippen LogP contribution in [0.25, 0.3) is 0 Å². The maximum Gasteiger partial charge on any atom is 0.182 e. The molecule has 0 fully saturated rings. The van der Waals surface area contributed by atoms with E-state index in [1.54, 1.807) is 20.2 Å². The van der Waals surface area contributed by atoms with Crippen molar-refractivity contribution in [2.45, 2.75) is 6.92 Å². The molecule has 0 aromatic heterocycles. The molecule has 0 heterocycles. The summed E-state index contributed by atoms with van der Waals surface area (Å²) in [5.41, 5.74) is 0.763. The molecule has 48 valence electrons. The summed E-state index contributed by atoms with van der Waals surface area (Å²) in [6.45, 7) is 5.38. The van der Waals surface area contributed by atoms with Gasteiger partial charge in [0.2, 0.25) is 0 Å². The molecule has 3 heteroatoms. The van der Waals surface area contributed by atoms with E-state index in [0.29, 0.717) is 5.84 Å². The summed E-state index contributed by atoms with van der Waals surface area (Å²) in [5, 5.41) is 10.5. The molecule has 0 bridgehead atoms. The first kappa shape index (κ1) is 7.70. The van der Waals surface area contributed by atoms with Crippen molar-refractivity contribution in [1.29, 1.82) is 5.26 Å². The lowest BCUT2D eigenvalue weighted by atomic mass is 10.3. The summed E-state index contributed by atoms with van der Waals surface area (Å²) >= 11 is 0. The van der Waals surface area contributed by atoms with Crippen LogP contribution >= 0.6 is 0 Å². The fourth-order valence-electron chi connectivity index (χ4n) is 0.406. The van der Waals surface area contributed by atoms with Gasteiger partial charge in [-0.3, -0.25) is 10.3 Å². The summed E-state index contributed by atoms with van der Waals surface area (Å²) < 4.78 is 0. The third-order valence-electron chi connectivity index (χ3n) is 0.802. The number of hydrogen-bond acceptors (Lipinski definition) is 2. The molecule has 0 radical (unpaired) electrons. The molecule has 0 saturated heterocycles. The highest BCUT2D eigenvalue weighted by molar-refractivity contribution is 5.97. The third kappa shape index (κ3) is 2.50. The van der Waals surface area contributed by atoms with E-state index < -0.39 is 0 Å². The maximum absolute atomic E-state index is 8.13. The second-order valence-corrected chi connectivity index (χ2v) is 1.59. The molecule has 0 rings (SSSR count). The largest absolute Gasteiger partial charge is 0.277 e. The van der Waals surface area contributed by atoms with Gasteiger partial charge in [-0.2, -0.15) is 5.26 Å². The topological polar surface area (TPSA) is 48.2 Å². The van der Waals surface area contributed by atoms with Gasteiger partial charge in [-0.15, -0.1) is 0 Å². The van der Waals surface area contributed by atoms with E-state index in [1.807, 2.05) is 0 Å². The van der Waals surface area contributed by atoms with Crippen molar-refractivity contribution in [3.05, 3.63) is 12.2 Å². The zero-order valence-corrected chi connectivity index (χ0v) is 5.60. The average molecular weight is 123 g/mol. The molecular weight excluding hydrogens is 114 g/mol. The van der Waals surface area contributed by atoms with Gasteiger partial charge in [0.1, 0.15) is 5.84 Å². The summed E-state index contributed by atoms with van der Waals surface area (Å²) in [4.78, 5) is 3.76. The minimum atomic E-state index is 0.539. The highest BCUT2D eigenvalue weighted by atomic mass is 15.0. The number of rotatable bonds is 1. The smallest absolute Gasteiger partial charge is 0.182 e. The standard InChI is InChI=1S/C6H9N3/c1-5(2)6(8-3)9-4-7/h1H2,2-3H3,(H,8,9). The summed E-state index contributed by atoms with van der Waals surface area (Å²) in [6, 6.07) is 0. The van der Waals surface area contributed by atoms with Crippen LogP contribution in [0.5, 0.6) is 0 Å². The molecule has 0 spiro atoms. The molecule has 0 amide bonds. The number of amidine groups is 1. The molecule has 0 atom stereocenters. The number of nitrogens with zero attached hydrogens (tertiary/aromatic N) is 2. The molecule has 3 nitrogen and oxygen atoms in total. The highest BCUT2D eigenvalue weighted by Crippen LogP contribution is 1.86. The number of aliphatic imine (C=N–C) groups is 1. The van der Waals surface area contributed by atoms with Gasteiger partial charge in [0.15, 0.2) is 6.19 Å². The molecule has 1 N–H and O–H groups in total. The highest BCUT2D eigenvalue weighted by Gasteiger charge is 1.93. The van der Waals surface area contributed by atoms with Crippen LogP contribution in [0.15, 0.2) is 17.1 Å². The van der Waals surface area contributed by atoms with Crippen molar-refractivity contribution in [3.63, 3.8) is 0 Å². The van der Waals surface area contributed by atoms with Gasteiger partial charge in [0.25, 0.3) is 0 Å². The van der Waals surface area contributed by atoms with Crippen LogP contribution in [0.4, 0.5) is 0 Å². The van der Waals surface area contributed by atoms with Crippen LogP contribution in [-0.2, 0) is 0 Å². The molecule has 0 aliphatic carbocycles. The first-order valence-electron chi connectivity index (χ1n) is 2.50. The van der Waals surface area contributed by atoms with Gasteiger partial charge in [-0.05, 0) is 12.5 Å². The van der Waals surface area contributed by atoms with Crippen molar-refractivity contribution in [2.24, 2.45) is 4.99 Å². The quantitative estimate of drug-likeness (QED) is 0.241. The van der Waals surface area contributed by atoms with Crippen molar-refractivity contribution in [2.75, 3.05) is 7.05 Å². The third-order valence-corrected chi connectivity index (χ3v) is 0.802. The van der Waals surface area contributed by atoms with Crippen LogP contribution in [0.1, 0.15) is 6.92 Å². The first-order valence-corrected chi connectivity index (χ1v) is 2.50. The zero-order valence-electron chi connectivity index (χ0n) is 5.60. The first-order chi connectivity index (χ1) is 4.22. The Morgan fingerprint density at radius 3 is 2.44 bits per heavy atom. The van der Waals surface area contributed by atoms with E-state index in [2.05, 4.69) is 16.9 Å². The van der Waals surface area contributed by atoms with E-state index in [1.165, 1.54) is 0 Å². The molecule has 0 aliphatic heterocycles. The Hall–Kier alpha value is -1.30. The normalized spacial score (nSPS) is 10.1. The van der Waals surface area contributed by atoms with Crippen LogP contribution < -0.4 is 5.32 Å². The Labute approximate surface area is 54.7 Å². The Morgan fingerprint density at radius 2 is 2.33 bits per heavy atom. The Bertz CT molecular complexity index is 173. The molecule has 0 saturated carbocycles. The zero-order chi connectivity index (χ0) is 7.28. The molecule has 9 heavy (non-hydrogen) atoms. The Morgan fingerprint density at radius 1 is 1.78 bits per heavy atom. The van der Waals surface area contributed by atoms with E-state index in [0.717, 1.165) is 5.57 Å². The van der Waals surface area contributed by atoms with Gasteiger partial charge in [-0.1, -0.05) is 6.58 Å². The maximum atomic E-state index is 8.13. The van der Waals surface area contributed by atoms with Crippen LogP contribution in [-0.4, -0.2) is 12.9 Å². The lowest BCUT2D eigenvalue weighted by Gasteiger charge is -1.97. The van der Waals surface area contributed by atoms with Gasteiger partial charge >= 0.3 is 0 Å². The molecular formula is C6H9N3. The fraction of sp³-hybridized carbons (Fsp3) is 0.333. The predicted octanol–water partition coefficient (Wildman–Crippen LogP) is 0.661. The lowest BCUT2D eigenvalue weighted by Crippen LogP contribution is -2.17. The molecule has 0 aromatic carbocycles. The minimum Gasteiger partial charge on any atom is -0.277 e. The number of nitriles is 1. The van der Waals surface area contributed by atoms with Gasteiger partial charge in [-0.25, -0.2) is 0 Å². The van der Waals surface area contributed by atoms with Gasteiger partial charge < -0.3 is 0 Å². The van der Waals surface area contributed by atoms with E-state index >= 15 is 0 Å². The van der Waals surface area contributed by atoms with Crippen molar-refractivity contribution in [3.8, 4) is 6.19 Å². The monoisotopic (exact) mass is 123 g/mol. The predicted molar refractivity (Wildman–Crippen MR) is 36.9 cm³/mol. The summed E-state index contributed by atoms with van der Waals surface area (Å²) in [6.07, 6.45) is 1.76. The second kappa shape index (κ2) is 3.67. The molecule has 0 unspecified atom stereocenters. The summed E-state index contributed by atoms with van der Waals surface area (Å²) in [5.74, 6) is 0.539. The van der Waals surface area contributed by atoms with Gasteiger partial charge in [0.05, 0.1) is 0 Å². The summed E-state index contributed by atoms with van der Waals surface area (Å²) in [7, 11) is 1.61. The number of hydrogen-bond donors (Lipinski definition) is 1. The second-order valence-electron chi connectivity index (χ2n) is 1.59. The van der Waals surface area contributed by atoms with Crippen molar-refractivity contribution >= 4 is 5.84 Å². The Balaban J connectivity index is 4.06. The van der Waals surface area contributed by atoms with E-state index in [4.69, 9.17) is 5.26 Å². The average Bonchev–Trinajstić information content (AvgIpc) is 1.82. The van der Waals surface area contributed by atoms with Crippen LogP contribution in [0, 0.1) is 11.5 Å². The SMILES string of the molecule is C=C(C)C(=NC)NC#N. The molecule has 0 aromatic rings. The van der Waals surface area contributed by atoms with E-state index in [9.17, 15) is 0 Å². The fourth-order valence-corrected chi connectivity index (χ4v) is 0.406. The Kier molecular flexibility index (Phi) is 3.14. The van der Waals surface area contributed by atoms with Crippen LogP contribution in [0.3, 0.4) is 0 Å². The lowest BCUT2D eigenvalue weighted by molar-refractivity contribution is 1.21. The number of nitrogens with one attached hydrogen (secondary N) is 1.